The van der Waals surface area contributed by atoms with Crippen LogP contribution >= 0.6 is 11.6 Å². The van der Waals surface area contributed by atoms with Gasteiger partial charge >= 0.3 is 11.9 Å². The summed E-state index contributed by atoms with van der Waals surface area (Å²) in [7, 11) is 0. The third-order valence-corrected chi connectivity index (χ3v) is 1.51. The van der Waals surface area contributed by atoms with Gasteiger partial charge in [0.25, 0.3) is 0 Å². The zero-order valence-corrected chi connectivity index (χ0v) is 10.1. The fourth-order valence-electron chi connectivity index (χ4n) is 0.903. The summed E-state index contributed by atoms with van der Waals surface area (Å²) in [5, 5.41) is 0. The first-order valence-electron chi connectivity index (χ1n) is 4.78. The van der Waals surface area contributed by atoms with Crippen LogP contribution < -0.4 is 0 Å². The van der Waals surface area contributed by atoms with Gasteiger partial charge in [0.2, 0.25) is 0 Å². The predicted octanol–water partition coefficient (Wildman–Crippen LogP) is 2.24. The van der Waals surface area contributed by atoms with Gasteiger partial charge in [-0.2, -0.15) is 0 Å². The molecule has 0 saturated heterocycles. The summed E-state index contributed by atoms with van der Waals surface area (Å²) < 4.78 is 9.56. The molecule has 88 valence electrons. The quantitative estimate of drug-likeness (QED) is 0.543. The maximum Gasteiger partial charge on any atom is 0.306 e. The van der Waals surface area contributed by atoms with E-state index >= 15 is 0 Å². The summed E-state index contributed by atoms with van der Waals surface area (Å²) in [5.74, 6) is -0.699. The van der Waals surface area contributed by atoms with E-state index in [9.17, 15) is 9.59 Å². The zero-order valence-electron chi connectivity index (χ0n) is 9.34. The number of carbonyl (C=O) groups excluding carboxylic acids is 2. The van der Waals surface area contributed by atoms with E-state index in [0.717, 1.165) is 0 Å². The second-order valence-corrected chi connectivity index (χ2v) is 4.28. The van der Waals surface area contributed by atoms with Crippen LogP contribution in [0, 0.1) is 0 Å². The molecule has 0 aromatic carbocycles. The highest BCUT2D eigenvalue weighted by molar-refractivity contribution is 6.17. The molecule has 0 atom stereocenters. The lowest BCUT2D eigenvalue weighted by molar-refractivity contribution is -0.155. The molecule has 4 nitrogen and oxygen atoms in total. The number of rotatable bonds is 5. The van der Waals surface area contributed by atoms with Crippen molar-refractivity contribution in [3.05, 3.63) is 0 Å². The molecule has 0 spiro atoms. The average molecular weight is 237 g/mol. The summed E-state index contributed by atoms with van der Waals surface area (Å²) in [6, 6.07) is -0.148. The highest BCUT2D eigenvalue weighted by atomic mass is 35.5. The van der Waals surface area contributed by atoms with Crippen molar-refractivity contribution in [1.82, 2.24) is 0 Å². The first kappa shape index (κ1) is 14.2. The topological polar surface area (TPSA) is 52.6 Å². The largest absolute Gasteiger partial charge is 0.460 e. The first-order valence-corrected chi connectivity index (χ1v) is 5.32. The molecule has 0 bridgehead atoms. The van der Waals surface area contributed by atoms with Crippen LogP contribution in [0.15, 0.2) is 0 Å². The molecular weight excluding hydrogens is 220 g/mol. The van der Waals surface area contributed by atoms with Gasteiger partial charge < -0.3 is 9.47 Å². The molecule has 0 N–H and O–H groups in total. The van der Waals surface area contributed by atoms with Crippen LogP contribution in [0.2, 0.25) is 0 Å². The van der Waals surface area contributed by atoms with E-state index in [2.05, 4.69) is 4.74 Å². The molecular formula is C10H17ClO4. The summed E-state index contributed by atoms with van der Waals surface area (Å²) in [4.78, 5) is 22.0. The smallest absolute Gasteiger partial charge is 0.306 e. The highest BCUT2D eigenvalue weighted by Crippen LogP contribution is 2.10. The maximum absolute atomic E-state index is 11.2. The Labute approximate surface area is 94.9 Å². The van der Waals surface area contributed by atoms with Gasteiger partial charge in [-0.05, 0) is 27.2 Å². The van der Waals surface area contributed by atoms with Gasteiger partial charge in [0.1, 0.15) is 5.60 Å². The summed E-state index contributed by atoms with van der Waals surface area (Å²) in [6.07, 6.45) is 0.825. The van der Waals surface area contributed by atoms with Gasteiger partial charge in [-0.3, -0.25) is 9.59 Å². The van der Waals surface area contributed by atoms with Gasteiger partial charge in [0, 0.05) is 12.8 Å². The monoisotopic (exact) mass is 236 g/mol. The molecule has 0 rings (SSSR count). The van der Waals surface area contributed by atoms with E-state index in [0.29, 0.717) is 6.42 Å². The standard InChI is InChI=1S/C10H17ClO4/c1-10(2,3)15-9(13)6-4-5-8(12)14-7-11/h4-7H2,1-3H3. The molecule has 0 unspecified atom stereocenters. The van der Waals surface area contributed by atoms with Crippen molar-refractivity contribution >= 4 is 23.5 Å². The summed E-state index contributed by atoms with van der Waals surface area (Å²) in [6.45, 7) is 5.39. The second kappa shape index (κ2) is 6.67. The lowest BCUT2D eigenvalue weighted by Gasteiger charge is -2.19. The third-order valence-electron chi connectivity index (χ3n) is 1.40. The molecule has 0 aliphatic heterocycles. The highest BCUT2D eigenvalue weighted by Gasteiger charge is 2.16. The van der Waals surface area contributed by atoms with Crippen LogP contribution in [0.3, 0.4) is 0 Å². The third kappa shape index (κ3) is 9.53. The van der Waals surface area contributed by atoms with Crippen LogP contribution in [0.25, 0.3) is 0 Å². The maximum atomic E-state index is 11.2. The minimum atomic E-state index is -0.478. The van der Waals surface area contributed by atoms with E-state index in [4.69, 9.17) is 16.3 Å². The number of esters is 2. The molecule has 0 aromatic rings. The van der Waals surface area contributed by atoms with Crippen molar-refractivity contribution in [3.63, 3.8) is 0 Å². The van der Waals surface area contributed by atoms with Gasteiger partial charge in [-0.1, -0.05) is 11.6 Å². The Bertz CT molecular complexity index is 220. The fraction of sp³-hybridized carbons (Fsp3) is 0.800. The number of ether oxygens (including phenoxy) is 2. The van der Waals surface area contributed by atoms with Crippen LogP contribution in [0.1, 0.15) is 40.0 Å². The minimum Gasteiger partial charge on any atom is -0.460 e. The van der Waals surface area contributed by atoms with Crippen molar-refractivity contribution in [2.24, 2.45) is 0 Å². The zero-order chi connectivity index (χ0) is 11.9. The molecule has 0 aliphatic rings. The number of halogens is 1. The van der Waals surface area contributed by atoms with E-state index in [1.54, 1.807) is 20.8 Å². The first-order chi connectivity index (χ1) is 6.85. The van der Waals surface area contributed by atoms with Crippen molar-refractivity contribution < 1.29 is 19.1 Å². The minimum absolute atomic E-state index is 0.148. The fourth-order valence-corrected chi connectivity index (χ4v) is 1.02. The second-order valence-electron chi connectivity index (χ2n) is 4.07. The van der Waals surface area contributed by atoms with Gasteiger partial charge in [0.15, 0.2) is 6.07 Å². The number of hydrogen-bond acceptors (Lipinski definition) is 4. The van der Waals surface area contributed by atoms with Gasteiger partial charge in [-0.15, -0.1) is 0 Å². The Morgan fingerprint density at radius 1 is 1.13 bits per heavy atom. The van der Waals surface area contributed by atoms with Crippen molar-refractivity contribution in [2.75, 3.05) is 6.07 Å². The average Bonchev–Trinajstić information content (AvgIpc) is 2.00. The normalized spacial score (nSPS) is 10.9. The SMILES string of the molecule is CC(C)(C)OC(=O)CCCC(=O)OCCl. The van der Waals surface area contributed by atoms with Gasteiger partial charge in [-0.25, -0.2) is 0 Å². The molecule has 0 amide bonds. The van der Waals surface area contributed by atoms with Crippen LogP contribution in [0.5, 0.6) is 0 Å². The van der Waals surface area contributed by atoms with Crippen LogP contribution in [-0.4, -0.2) is 23.6 Å². The number of carbonyl (C=O) groups is 2. The number of alkyl halides is 1. The lowest BCUT2D eigenvalue weighted by Crippen LogP contribution is -2.23. The summed E-state index contributed by atoms with van der Waals surface area (Å²) >= 11 is 5.19. The molecule has 0 heterocycles. The Balaban J connectivity index is 3.60. The van der Waals surface area contributed by atoms with Crippen molar-refractivity contribution in [1.29, 1.82) is 0 Å². The van der Waals surface area contributed by atoms with Crippen LogP contribution in [0.4, 0.5) is 0 Å². The number of hydrogen-bond donors (Lipinski definition) is 0. The molecule has 0 radical (unpaired) electrons. The predicted molar refractivity (Wildman–Crippen MR) is 56.5 cm³/mol. The van der Waals surface area contributed by atoms with E-state index in [1.807, 2.05) is 0 Å². The summed E-state index contributed by atoms with van der Waals surface area (Å²) in [5.41, 5.74) is -0.478. The molecule has 0 saturated carbocycles. The molecule has 5 heteroatoms. The Morgan fingerprint density at radius 3 is 2.13 bits per heavy atom. The van der Waals surface area contributed by atoms with E-state index in [1.165, 1.54) is 0 Å². The van der Waals surface area contributed by atoms with Crippen molar-refractivity contribution in [2.45, 2.75) is 45.6 Å². The van der Waals surface area contributed by atoms with Gasteiger partial charge in [0.05, 0.1) is 0 Å². The molecule has 0 aromatic heterocycles. The molecule has 15 heavy (non-hydrogen) atoms. The van der Waals surface area contributed by atoms with E-state index < -0.39 is 11.6 Å². The Hall–Kier alpha value is -0.770. The molecule has 0 aliphatic carbocycles. The Kier molecular flexibility index (Phi) is 6.32. The lowest BCUT2D eigenvalue weighted by atomic mass is 10.2. The molecule has 0 fully saturated rings. The van der Waals surface area contributed by atoms with Crippen molar-refractivity contribution in [3.8, 4) is 0 Å². The van der Waals surface area contributed by atoms with Crippen LogP contribution in [-0.2, 0) is 19.1 Å². The van der Waals surface area contributed by atoms with E-state index in [-0.39, 0.29) is 24.9 Å². The Morgan fingerprint density at radius 2 is 1.67 bits per heavy atom.